The molecule has 0 bridgehead atoms. The molecule has 0 fully saturated rings. The molecule has 0 aromatic heterocycles. The number of ether oxygens (including phenoxy) is 1. The Morgan fingerprint density at radius 3 is 2.38 bits per heavy atom. The number of halogens is 2. The first kappa shape index (κ1) is 18.8. The zero-order chi connectivity index (χ0) is 18.2. The van der Waals surface area contributed by atoms with Gasteiger partial charge in [0.1, 0.15) is 11.4 Å². The normalized spacial score (nSPS) is 16.7. The Hall–Kier alpha value is -1.54. The molecule has 130 valence electrons. The van der Waals surface area contributed by atoms with Gasteiger partial charge in [-0.25, -0.2) is 0 Å². The van der Waals surface area contributed by atoms with Gasteiger partial charge in [-0.2, -0.15) is 0 Å². The molecule has 0 spiro atoms. The third kappa shape index (κ3) is 3.59. The van der Waals surface area contributed by atoms with E-state index in [9.17, 15) is 9.90 Å². The maximum absolute atomic E-state index is 13.0. The van der Waals surface area contributed by atoms with Gasteiger partial charge in [0.25, 0.3) is 5.91 Å². The van der Waals surface area contributed by atoms with Gasteiger partial charge in [0.15, 0.2) is 11.6 Å². The highest BCUT2D eigenvalue weighted by molar-refractivity contribution is 9.11. The molecule has 1 aromatic carbocycles. The Morgan fingerprint density at radius 2 is 1.92 bits per heavy atom. The number of nitrogens with one attached hydrogen (secondary N) is 2. The van der Waals surface area contributed by atoms with E-state index in [1.54, 1.807) is 31.0 Å². The molecule has 8 heteroatoms. The first-order chi connectivity index (χ1) is 11.1. The maximum atomic E-state index is 13.0. The number of rotatable bonds is 3. The zero-order valence-electron chi connectivity index (χ0n) is 13.8. The van der Waals surface area contributed by atoms with E-state index < -0.39 is 5.60 Å². The zero-order valence-corrected chi connectivity index (χ0v) is 17.0. The number of nitrogens with zero attached hydrogens (tertiary/aromatic N) is 1. The van der Waals surface area contributed by atoms with Crippen LogP contribution < -0.4 is 5.32 Å². The summed E-state index contributed by atoms with van der Waals surface area (Å²) in [6.45, 7) is 5.68. The Kier molecular flexibility index (Phi) is 5.29. The summed E-state index contributed by atoms with van der Waals surface area (Å²) in [5, 5.41) is 20.7. The fraction of sp³-hybridized carbons (Fsp3) is 0.375. The molecule has 0 atom stereocenters. The number of carbonyl (C=O) groups is 1. The van der Waals surface area contributed by atoms with Crippen LogP contribution in [0.1, 0.15) is 31.1 Å². The van der Waals surface area contributed by atoms with Crippen LogP contribution in [0.2, 0.25) is 0 Å². The quantitative estimate of drug-likeness (QED) is 0.601. The molecule has 24 heavy (non-hydrogen) atoms. The van der Waals surface area contributed by atoms with E-state index in [-0.39, 0.29) is 17.4 Å². The first-order valence-electron chi connectivity index (χ1n) is 7.24. The lowest BCUT2D eigenvalue weighted by Gasteiger charge is -2.40. The third-order valence-electron chi connectivity index (χ3n) is 3.49. The van der Waals surface area contributed by atoms with Gasteiger partial charge in [-0.1, -0.05) is 0 Å². The summed E-state index contributed by atoms with van der Waals surface area (Å²) in [5.74, 6) is 0.580. The summed E-state index contributed by atoms with van der Waals surface area (Å²) in [4.78, 5) is 14.6. The van der Waals surface area contributed by atoms with Crippen molar-refractivity contribution in [2.24, 2.45) is 0 Å². The van der Waals surface area contributed by atoms with Gasteiger partial charge < -0.3 is 20.6 Å². The van der Waals surface area contributed by atoms with Crippen molar-refractivity contribution in [3.8, 4) is 5.75 Å². The van der Waals surface area contributed by atoms with Crippen molar-refractivity contribution in [2.45, 2.75) is 26.4 Å². The molecule has 0 radical (unpaired) electrons. The second kappa shape index (κ2) is 6.76. The molecular weight excluding hydrogens is 442 g/mol. The molecule has 6 nitrogen and oxygen atoms in total. The van der Waals surface area contributed by atoms with Crippen LogP contribution >= 0.6 is 31.9 Å². The van der Waals surface area contributed by atoms with Gasteiger partial charge in [-0.3, -0.25) is 9.69 Å². The van der Waals surface area contributed by atoms with E-state index in [2.05, 4.69) is 37.2 Å². The second-order valence-corrected chi connectivity index (χ2v) is 7.80. The molecule has 0 unspecified atom stereocenters. The number of hydrogen-bond donors (Lipinski definition) is 3. The smallest absolute Gasteiger partial charge is 0.259 e. The average molecular weight is 461 g/mol. The predicted octanol–water partition coefficient (Wildman–Crippen LogP) is 3.60. The van der Waals surface area contributed by atoms with E-state index in [1.165, 1.54) is 0 Å². The summed E-state index contributed by atoms with van der Waals surface area (Å²) in [7, 11) is 1.68. The lowest BCUT2D eigenvalue weighted by Crippen LogP contribution is -2.51. The molecule has 0 saturated heterocycles. The van der Waals surface area contributed by atoms with Gasteiger partial charge in [0, 0.05) is 12.6 Å². The van der Waals surface area contributed by atoms with Crippen molar-refractivity contribution in [1.82, 2.24) is 10.2 Å². The Balaban J connectivity index is 2.54. The first-order valence-corrected chi connectivity index (χ1v) is 8.82. The number of aromatic hydroxyl groups is 1. The number of benzene rings is 1. The second-order valence-electron chi connectivity index (χ2n) is 6.09. The molecule has 0 aliphatic carbocycles. The Morgan fingerprint density at radius 1 is 1.38 bits per heavy atom. The van der Waals surface area contributed by atoms with E-state index in [1.807, 2.05) is 13.8 Å². The molecule has 1 amide bonds. The number of phenols is 1. The Bertz CT molecular complexity index is 721. The van der Waals surface area contributed by atoms with Crippen LogP contribution in [0.3, 0.4) is 0 Å². The summed E-state index contributed by atoms with van der Waals surface area (Å²) in [6.07, 6.45) is 0. The van der Waals surface area contributed by atoms with Gasteiger partial charge in [0.05, 0.1) is 21.2 Å². The fourth-order valence-electron chi connectivity index (χ4n) is 2.46. The molecule has 3 N–H and O–H groups in total. The lowest BCUT2D eigenvalue weighted by atomic mass is 10.0. The SMILES string of the molecule is CNC1=C(C(C)=N)OC(C)(C)CN1C(=O)c1cc(Br)c(O)c(Br)c1. The van der Waals surface area contributed by atoms with Crippen LogP contribution in [-0.4, -0.2) is 40.8 Å². The van der Waals surface area contributed by atoms with Crippen molar-refractivity contribution < 1.29 is 14.6 Å². The number of phenolic OH excluding ortho intramolecular Hbond substituents is 1. The fourth-order valence-corrected chi connectivity index (χ4v) is 3.65. The topological polar surface area (TPSA) is 85.7 Å². The van der Waals surface area contributed by atoms with Crippen molar-refractivity contribution >= 4 is 43.5 Å². The van der Waals surface area contributed by atoms with Crippen molar-refractivity contribution in [2.75, 3.05) is 13.6 Å². The van der Waals surface area contributed by atoms with Crippen molar-refractivity contribution in [3.05, 3.63) is 38.2 Å². The highest BCUT2D eigenvalue weighted by Crippen LogP contribution is 2.35. The van der Waals surface area contributed by atoms with Crippen LogP contribution in [0, 0.1) is 5.41 Å². The molecular formula is C16H19Br2N3O3. The van der Waals surface area contributed by atoms with Crippen LogP contribution in [0.15, 0.2) is 32.7 Å². The molecule has 0 saturated carbocycles. The molecule has 2 rings (SSSR count). The van der Waals surface area contributed by atoms with Crippen LogP contribution in [0.4, 0.5) is 0 Å². The highest BCUT2D eigenvalue weighted by Gasteiger charge is 2.37. The number of allylic oxidation sites excluding steroid dienone is 1. The molecule has 1 heterocycles. The lowest BCUT2D eigenvalue weighted by molar-refractivity contribution is -0.00852. The van der Waals surface area contributed by atoms with Gasteiger partial charge in [-0.05, 0) is 64.8 Å². The summed E-state index contributed by atoms with van der Waals surface area (Å²) in [6, 6.07) is 3.13. The maximum Gasteiger partial charge on any atom is 0.259 e. The minimum Gasteiger partial charge on any atom is -0.506 e. The summed E-state index contributed by atoms with van der Waals surface area (Å²) < 4.78 is 6.71. The van der Waals surface area contributed by atoms with Crippen LogP contribution in [0.25, 0.3) is 0 Å². The highest BCUT2D eigenvalue weighted by atomic mass is 79.9. The third-order valence-corrected chi connectivity index (χ3v) is 4.70. The van der Waals surface area contributed by atoms with E-state index in [0.29, 0.717) is 32.6 Å². The van der Waals surface area contributed by atoms with E-state index in [0.717, 1.165) is 0 Å². The summed E-state index contributed by atoms with van der Waals surface area (Å²) in [5.41, 5.74) is 0.0101. The standard InChI is InChI=1S/C16H19Br2N3O3/c1-8(19)13-14(20-4)21(7-16(2,3)24-13)15(23)9-5-10(17)12(22)11(18)6-9/h5-6,19-20,22H,7H2,1-4H3. The number of carbonyl (C=O) groups excluding carboxylic acids is 1. The molecule has 1 aromatic rings. The van der Waals surface area contributed by atoms with Gasteiger partial charge >= 0.3 is 0 Å². The van der Waals surface area contributed by atoms with Gasteiger partial charge in [-0.15, -0.1) is 0 Å². The monoisotopic (exact) mass is 459 g/mol. The summed E-state index contributed by atoms with van der Waals surface area (Å²) >= 11 is 6.48. The van der Waals surface area contributed by atoms with E-state index in [4.69, 9.17) is 10.1 Å². The molecule has 1 aliphatic rings. The average Bonchev–Trinajstić information content (AvgIpc) is 2.49. The minimum atomic E-state index is -0.626. The number of hydrogen-bond acceptors (Lipinski definition) is 5. The van der Waals surface area contributed by atoms with E-state index >= 15 is 0 Å². The van der Waals surface area contributed by atoms with Crippen LogP contribution in [-0.2, 0) is 4.74 Å². The largest absolute Gasteiger partial charge is 0.506 e. The Labute approximate surface area is 157 Å². The molecule has 1 aliphatic heterocycles. The van der Waals surface area contributed by atoms with Crippen LogP contribution in [0.5, 0.6) is 5.75 Å². The van der Waals surface area contributed by atoms with Crippen molar-refractivity contribution in [1.29, 1.82) is 5.41 Å². The predicted molar refractivity (Wildman–Crippen MR) is 99.2 cm³/mol. The van der Waals surface area contributed by atoms with Gasteiger partial charge in [0.2, 0.25) is 0 Å². The minimum absolute atomic E-state index is 0.0364. The van der Waals surface area contributed by atoms with Crippen molar-refractivity contribution in [3.63, 3.8) is 0 Å². The number of amides is 1.